The van der Waals surface area contributed by atoms with E-state index in [9.17, 15) is 4.79 Å². The number of nitrogens with zero attached hydrogens (tertiary/aromatic N) is 3. The van der Waals surface area contributed by atoms with Gasteiger partial charge in [0.05, 0.1) is 5.69 Å². The van der Waals surface area contributed by atoms with E-state index in [1.165, 1.54) is 24.4 Å². The minimum atomic E-state index is -0.0330. The van der Waals surface area contributed by atoms with Crippen LogP contribution in [0.25, 0.3) is 0 Å². The first-order valence-electron chi connectivity index (χ1n) is 6.39. The number of carbonyl (C=O) groups excluding carboxylic acids is 1. The summed E-state index contributed by atoms with van der Waals surface area (Å²) in [6.45, 7) is 2.69. The van der Waals surface area contributed by atoms with Crippen molar-refractivity contribution >= 4 is 17.4 Å². The lowest BCUT2D eigenvalue weighted by atomic mass is 10.1. The molecule has 1 aromatic heterocycles. The van der Waals surface area contributed by atoms with Gasteiger partial charge in [0.25, 0.3) is 5.91 Å². The van der Waals surface area contributed by atoms with E-state index in [0.29, 0.717) is 17.5 Å². The molecule has 1 saturated carbocycles. The maximum Gasteiger partial charge on any atom is 0.265 e. The predicted molar refractivity (Wildman–Crippen MR) is 71.8 cm³/mol. The Labute approximate surface area is 112 Å². The average molecular weight is 268 g/mol. The molecule has 0 spiro atoms. The van der Waals surface area contributed by atoms with Crippen LogP contribution in [0.4, 0.5) is 0 Å². The lowest BCUT2D eigenvalue weighted by molar-refractivity contribution is 0.0942. The molecule has 1 atom stereocenters. The molecule has 1 unspecified atom stereocenters. The molecule has 0 aromatic carbocycles. The van der Waals surface area contributed by atoms with Gasteiger partial charge in [0, 0.05) is 12.6 Å². The predicted octanol–water partition coefficient (Wildman–Crippen LogP) is 1.17. The van der Waals surface area contributed by atoms with Gasteiger partial charge in [0.2, 0.25) is 0 Å². The lowest BCUT2D eigenvalue weighted by Crippen LogP contribution is -2.41. The minimum absolute atomic E-state index is 0.0330. The summed E-state index contributed by atoms with van der Waals surface area (Å²) >= 11 is 1.18. The first kappa shape index (κ1) is 13.4. The number of rotatable bonds is 6. The van der Waals surface area contributed by atoms with Crippen molar-refractivity contribution in [3.8, 4) is 0 Å². The van der Waals surface area contributed by atoms with Crippen LogP contribution in [-0.2, 0) is 6.42 Å². The number of likely N-dealkylation sites (N-methyl/N-ethyl adjacent to an activating group) is 1. The Hall–Kier alpha value is -1.01. The molecule has 1 heterocycles. The molecule has 0 bridgehead atoms. The minimum Gasteiger partial charge on any atom is -0.350 e. The fourth-order valence-electron chi connectivity index (χ4n) is 2.14. The van der Waals surface area contributed by atoms with E-state index in [1.807, 2.05) is 6.92 Å². The summed E-state index contributed by atoms with van der Waals surface area (Å²) in [5.74, 6) is 0.708. The molecule has 1 aliphatic rings. The van der Waals surface area contributed by atoms with Crippen LogP contribution in [0.1, 0.15) is 35.1 Å². The molecule has 0 aliphatic heterocycles. The Kier molecular flexibility index (Phi) is 4.29. The molecule has 5 nitrogen and oxygen atoms in total. The van der Waals surface area contributed by atoms with E-state index in [-0.39, 0.29) is 5.91 Å². The van der Waals surface area contributed by atoms with Gasteiger partial charge >= 0.3 is 0 Å². The average Bonchev–Trinajstić information content (AvgIpc) is 3.05. The molecular formula is C12H20N4OS. The molecule has 0 saturated heterocycles. The third kappa shape index (κ3) is 3.05. The largest absolute Gasteiger partial charge is 0.350 e. The van der Waals surface area contributed by atoms with Crippen molar-refractivity contribution < 1.29 is 4.79 Å². The maximum absolute atomic E-state index is 12.1. The standard InChI is InChI=1S/C12H20N4OS/c1-4-9-11(18-15-14-9)12(17)13-7-10(16(2)3)8-5-6-8/h8,10H,4-7H2,1-3H3,(H,13,17). The van der Waals surface area contributed by atoms with E-state index in [2.05, 4.69) is 33.9 Å². The van der Waals surface area contributed by atoms with Gasteiger partial charge in [-0.1, -0.05) is 11.4 Å². The first-order valence-corrected chi connectivity index (χ1v) is 7.16. The van der Waals surface area contributed by atoms with Crippen LogP contribution >= 0.6 is 11.5 Å². The molecule has 6 heteroatoms. The number of amides is 1. The Balaban J connectivity index is 1.91. The second-order valence-electron chi connectivity index (χ2n) is 4.98. The second-order valence-corrected chi connectivity index (χ2v) is 5.73. The summed E-state index contributed by atoms with van der Waals surface area (Å²) in [6, 6.07) is 0.444. The number of carbonyl (C=O) groups is 1. The number of hydrogen-bond donors (Lipinski definition) is 1. The number of hydrogen-bond acceptors (Lipinski definition) is 5. The quantitative estimate of drug-likeness (QED) is 0.841. The highest BCUT2D eigenvalue weighted by molar-refractivity contribution is 7.08. The fraction of sp³-hybridized carbons (Fsp3) is 0.750. The second kappa shape index (κ2) is 5.75. The highest BCUT2D eigenvalue weighted by atomic mass is 32.1. The van der Waals surface area contributed by atoms with Crippen LogP contribution in [0.15, 0.2) is 0 Å². The van der Waals surface area contributed by atoms with Gasteiger partial charge in [-0.05, 0) is 50.8 Å². The van der Waals surface area contributed by atoms with Crippen molar-refractivity contribution in [1.29, 1.82) is 0 Å². The van der Waals surface area contributed by atoms with Crippen LogP contribution in [0, 0.1) is 5.92 Å². The number of aryl methyl sites for hydroxylation is 1. The van der Waals surface area contributed by atoms with Gasteiger partial charge in [0.1, 0.15) is 4.88 Å². The molecule has 18 heavy (non-hydrogen) atoms. The monoisotopic (exact) mass is 268 g/mol. The van der Waals surface area contributed by atoms with Crippen LogP contribution in [0.3, 0.4) is 0 Å². The smallest absolute Gasteiger partial charge is 0.265 e. The normalized spacial score (nSPS) is 16.9. The molecule has 1 fully saturated rings. The van der Waals surface area contributed by atoms with Gasteiger partial charge in [-0.25, -0.2) is 0 Å². The van der Waals surface area contributed by atoms with E-state index in [0.717, 1.165) is 18.0 Å². The molecule has 1 aromatic rings. The number of aromatic nitrogens is 2. The Morgan fingerprint density at radius 1 is 1.56 bits per heavy atom. The zero-order chi connectivity index (χ0) is 13.1. The van der Waals surface area contributed by atoms with E-state index in [1.54, 1.807) is 0 Å². The Bertz CT molecular complexity index is 412. The highest BCUT2D eigenvalue weighted by Crippen LogP contribution is 2.34. The highest BCUT2D eigenvalue weighted by Gasteiger charge is 2.32. The Morgan fingerprint density at radius 3 is 2.83 bits per heavy atom. The van der Waals surface area contributed by atoms with Crippen LogP contribution < -0.4 is 5.32 Å². The zero-order valence-electron chi connectivity index (χ0n) is 11.1. The lowest BCUT2D eigenvalue weighted by Gasteiger charge is -2.24. The van der Waals surface area contributed by atoms with Gasteiger partial charge in [-0.3, -0.25) is 4.79 Å². The maximum atomic E-state index is 12.1. The fourth-order valence-corrected chi connectivity index (χ4v) is 2.81. The van der Waals surface area contributed by atoms with Crippen molar-refractivity contribution in [1.82, 2.24) is 19.8 Å². The summed E-state index contributed by atoms with van der Waals surface area (Å²) in [4.78, 5) is 14.9. The molecular weight excluding hydrogens is 248 g/mol. The molecule has 1 aliphatic carbocycles. The first-order chi connectivity index (χ1) is 8.63. The van der Waals surface area contributed by atoms with Gasteiger partial charge in [-0.15, -0.1) is 5.10 Å². The van der Waals surface area contributed by atoms with E-state index in [4.69, 9.17) is 0 Å². The molecule has 1 N–H and O–H groups in total. The summed E-state index contributed by atoms with van der Waals surface area (Å²) < 4.78 is 3.84. The molecule has 0 radical (unpaired) electrons. The summed E-state index contributed by atoms with van der Waals surface area (Å²) in [5.41, 5.74) is 0.797. The molecule has 1 amide bonds. The summed E-state index contributed by atoms with van der Waals surface area (Å²) in [6.07, 6.45) is 3.31. The third-order valence-electron chi connectivity index (χ3n) is 3.40. The molecule has 100 valence electrons. The van der Waals surface area contributed by atoms with Crippen LogP contribution in [-0.4, -0.2) is 47.1 Å². The van der Waals surface area contributed by atoms with Gasteiger partial charge in [0.15, 0.2) is 0 Å². The van der Waals surface area contributed by atoms with Gasteiger partial charge in [-0.2, -0.15) is 0 Å². The zero-order valence-corrected chi connectivity index (χ0v) is 12.0. The van der Waals surface area contributed by atoms with Crippen molar-refractivity contribution in [3.63, 3.8) is 0 Å². The van der Waals surface area contributed by atoms with Crippen LogP contribution in [0.5, 0.6) is 0 Å². The molecule has 2 rings (SSSR count). The van der Waals surface area contributed by atoms with Crippen molar-refractivity contribution in [2.45, 2.75) is 32.2 Å². The van der Waals surface area contributed by atoms with Gasteiger partial charge < -0.3 is 10.2 Å². The van der Waals surface area contributed by atoms with E-state index >= 15 is 0 Å². The van der Waals surface area contributed by atoms with Crippen molar-refractivity contribution in [3.05, 3.63) is 10.6 Å². The van der Waals surface area contributed by atoms with Crippen molar-refractivity contribution in [2.75, 3.05) is 20.6 Å². The van der Waals surface area contributed by atoms with Crippen LogP contribution in [0.2, 0.25) is 0 Å². The van der Waals surface area contributed by atoms with E-state index < -0.39 is 0 Å². The summed E-state index contributed by atoms with van der Waals surface area (Å²) in [7, 11) is 4.14. The van der Waals surface area contributed by atoms with Crippen molar-refractivity contribution in [2.24, 2.45) is 5.92 Å². The topological polar surface area (TPSA) is 58.1 Å². The number of nitrogens with one attached hydrogen (secondary N) is 1. The Morgan fingerprint density at radius 2 is 2.28 bits per heavy atom. The summed E-state index contributed by atoms with van der Waals surface area (Å²) in [5, 5.41) is 6.98. The third-order valence-corrected chi connectivity index (χ3v) is 4.16. The SMILES string of the molecule is CCc1nnsc1C(=O)NCC(C1CC1)N(C)C.